The molecule has 0 fully saturated rings. The second-order valence-electron chi connectivity index (χ2n) is 11.4. The fourth-order valence-electron chi connectivity index (χ4n) is 6.73. The van der Waals surface area contributed by atoms with E-state index in [-0.39, 0.29) is 0 Å². The Balaban J connectivity index is 1.37. The summed E-state index contributed by atoms with van der Waals surface area (Å²) in [6.45, 7) is 0. The van der Waals surface area contributed by atoms with Crippen molar-refractivity contribution >= 4 is 71.3 Å². The van der Waals surface area contributed by atoms with Gasteiger partial charge in [-0.25, -0.2) is 0 Å². The summed E-state index contributed by atoms with van der Waals surface area (Å²) in [4.78, 5) is 2.38. The summed E-state index contributed by atoms with van der Waals surface area (Å²) in [5.41, 5.74) is 7.50. The molecule has 9 aromatic rings. The number of rotatable bonds is 4. The zero-order chi connectivity index (χ0) is 29.0. The van der Waals surface area contributed by atoms with E-state index in [1.165, 1.54) is 32.7 Å². The van der Waals surface area contributed by atoms with E-state index in [1.54, 1.807) is 0 Å². The van der Waals surface area contributed by atoms with Crippen molar-refractivity contribution in [3.8, 4) is 11.1 Å². The van der Waals surface area contributed by atoms with Gasteiger partial charge in [0, 0.05) is 32.9 Å². The first kappa shape index (κ1) is 24.7. The van der Waals surface area contributed by atoms with E-state index in [1.807, 2.05) is 0 Å². The van der Waals surface area contributed by atoms with Crippen LogP contribution in [0.15, 0.2) is 168 Å². The average Bonchev–Trinajstić information content (AvgIpc) is 3.48. The molecule has 0 aliphatic rings. The quantitative estimate of drug-likeness (QED) is 0.212. The van der Waals surface area contributed by atoms with Crippen molar-refractivity contribution in [2.24, 2.45) is 0 Å². The highest BCUT2D eigenvalue weighted by atomic mass is 16.3. The number of para-hydroxylation sites is 1. The number of anilines is 3. The third-order valence-corrected chi connectivity index (χ3v) is 8.79. The molecular formula is C42H27NO. The van der Waals surface area contributed by atoms with Crippen LogP contribution in [0.2, 0.25) is 0 Å². The Morgan fingerprint density at radius 1 is 0.409 bits per heavy atom. The highest BCUT2D eigenvalue weighted by Crippen LogP contribution is 2.46. The predicted molar refractivity (Wildman–Crippen MR) is 186 cm³/mol. The van der Waals surface area contributed by atoms with Gasteiger partial charge < -0.3 is 9.32 Å². The average molecular weight is 562 g/mol. The van der Waals surface area contributed by atoms with Crippen molar-refractivity contribution < 1.29 is 4.42 Å². The Kier molecular flexibility index (Phi) is 5.54. The molecule has 0 unspecified atom stereocenters. The number of furan rings is 1. The smallest absolute Gasteiger partial charge is 0.143 e. The topological polar surface area (TPSA) is 16.4 Å². The van der Waals surface area contributed by atoms with Gasteiger partial charge in [0.1, 0.15) is 11.2 Å². The third kappa shape index (κ3) is 3.89. The van der Waals surface area contributed by atoms with Crippen LogP contribution in [-0.2, 0) is 0 Å². The third-order valence-electron chi connectivity index (χ3n) is 8.79. The summed E-state index contributed by atoms with van der Waals surface area (Å²) in [6, 6.07) is 58.5. The summed E-state index contributed by atoms with van der Waals surface area (Å²) in [6.07, 6.45) is 0. The summed E-state index contributed by atoms with van der Waals surface area (Å²) < 4.78 is 6.70. The molecule has 0 radical (unpaired) electrons. The minimum Gasteiger partial charge on any atom is -0.455 e. The molecule has 0 bridgehead atoms. The Bertz CT molecular complexity index is 2510. The molecule has 1 aromatic heterocycles. The van der Waals surface area contributed by atoms with Crippen LogP contribution in [0.3, 0.4) is 0 Å². The van der Waals surface area contributed by atoms with E-state index in [9.17, 15) is 0 Å². The van der Waals surface area contributed by atoms with Crippen molar-refractivity contribution in [1.29, 1.82) is 0 Å². The lowest BCUT2D eigenvalue weighted by atomic mass is 9.95. The van der Waals surface area contributed by atoms with Gasteiger partial charge >= 0.3 is 0 Å². The monoisotopic (exact) mass is 561 g/mol. The minimum absolute atomic E-state index is 0.893. The van der Waals surface area contributed by atoms with Gasteiger partial charge in [-0.1, -0.05) is 121 Å². The fourth-order valence-corrected chi connectivity index (χ4v) is 6.73. The Morgan fingerprint density at radius 3 is 1.86 bits per heavy atom. The maximum atomic E-state index is 6.70. The lowest BCUT2D eigenvalue weighted by Gasteiger charge is -2.27. The first-order valence-corrected chi connectivity index (χ1v) is 15.0. The van der Waals surface area contributed by atoms with Gasteiger partial charge in [-0.3, -0.25) is 0 Å². The van der Waals surface area contributed by atoms with Gasteiger partial charge in [-0.15, -0.1) is 0 Å². The number of fused-ring (bicyclic) bond motifs is 7. The Hall–Kier alpha value is -5.86. The Labute approximate surface area is 255 Å². The SMILES string of the molecule is c1ccc(N(c2ccc3ccccc3c2)c2cc3c(oc4cccc(-c5ccc6ccccc6c5)c43)c3ccccc23)cc1. The molecule has 0 saturated heterocycles. The largest absolute Gasteiger partial charge is 0.455 e. The van der Waals surface area contributed by atoms with Gasteiger partial charge in [-0.2, -0.15) is 0 Å². The van der Waals surface area contributed by atoms with Crippen LogP contribution >= 0.6 is 0 Å². The molecule has 0 saturated carbocycles. The zero-order valence-corrected chi connectivity index (χ0v) is 23.9. The molecule has 0 amide bonds. The van der Waals surface area contributed by atoms with Crippen LogP contribution in [0.25, 0.3) is 65.4 Å². The Morgan fingerprint density at radius 2 is 1.07 bits per heavy atom. The van der Waals surface area contributed by atoms with Crippen molar-refractivity contribution in [3.63, 3.8) is 0 Å². The molecule has 8 aromatic carbocycles. The molecule has 9 rings (SSSR count). The molecule has 1 heterocycles. The molecule has 206 valence electrons. The van der Waals surface area contributed by atoms with Gasteiger partial charge in [0.2, 0.25) is 0 Å². The van der Waals surface area contributed by atoms with E-state index in [0.717, 1.165) is 49.8 Å². The van der Waals surface area contributed by atoms with Gasteiger partial charge in [-0.05, 0) is 75.1 Å². The predicted octanol–water partition coefficient (Wildman–Crippen LogP) is 12.2. The fraction of sp³-hybridized carbons (Fsp3) is 0. The first-order valence-electron chi connectivity index (χ1n) is 15.0. The molecule has 0 aliphatic heterocycles. The van der Waals surface area contributed by atoms with Crippen LogP contribution < -0.4 is 4.90 Å². The highest BCUT2D eigenvalue weighted by Gasteiger charge is 2.21. The molecule has 2 nitrogen and oxygen atoms in total. The summed E-state index contributed by atoms with van der Waals surface area (Å²) in [5, 5.41) is 9.39. The maximum absolute atomic E-state index is 6.70. The van der Waals surface area contributed by atoms with Crippen LogP contribution in [-0.4, -0.2) is 0 Å². The molecule has 0 N–H and O–H groups in total. The van der Waals surface area contributed by atoms with Crippen LogP contribution in [0.1, 0.15) is 0 Å². The van der Waals surface area contributed by atoms with Crippen LogP contribution in [0, 0.1) is 0 Å². The first-order chi connectivity index (χ1) is 21.8. The molecule has 44 heavy (non-hydrogen) atoms. The maximum Gasteiger partial charge on any atom is 0.143 e. The molecule has 0 aliphatic carbocycles. The normalized spacial score (nSPS) is 11.6. The number of benzene rings is 8. The van der Waals surface area contributed by atoms with E-state index in [4.69, 9.17) is 4.42 Å². The van der Waals surface area contributed by atoms with E-state index < -0.39 is 0 Å². The molecular weight excluding hydrogens is 534 g/mol. The molecule has 0 spiro atoms. The van der Waals surface area contributed by atoms with E-state index in [0.29, 0.717) is 0 Å². The van der Waals surface area contributed by atoms with Crippen molar-refractivity contribution in [3.05, 3.63) is 164 Å². The molecule has 0 atom stereocenters. The lowest BCUT2D eigenvalue weighted by Crippen LogP contribution is -2.10. The summed E-state index contributed by atoms with van der Waals surface area (Å²) >= 11 is 0. The highest BCUT2D eigenvalue weighted by molar-refractivity contribution is 6.22. The zero-order valence-electron chi connectivity index (χ0n) is 23.9. The van der Waals surface area contributed by atoms with Crippen molar-refractivity contribution in [1.82, 2.24) is 0 Å². The van der Waals surface area contributed by atoms with E-state index >= 15 is 0 Å². The second-order valence-corrected chi connectivity index (χ2v) is 11.4. The molecule has 2 heteroatoms. The van der Waals surface area contributed by atoms with Crippen LogP contribution in [0.4, 0.5) is 17.1 Å². The minimum atomic E-state index is 0.893. The lowest BCUT2D eigenvalue weighted by molar-refractivity contribution is 0.673. The standard InChI is InChI=1S/C42H27NO/c1-2-15-33(16-3-1)43(34-24-23-29-12-5-7-14-31(29)26-34)39-27-38-41-35(32-22-21-28-11-4-6-13-30(28)25-32)19-10-20-40(41)44-42(38)37-18-9-8-17-36(37)39/h1-27H. The number of hydrogen-bond acceptors (Lipinski definition) is 2. The van der Waals surface area contributed by atoms with Crippen molar-refractivity contribution in [2.75, 3.05) is 4.90 Å². The van der Waals surface area contributed by atoms with Crippen molar-refractivity contribution in [2.45, 2.75) is 0 Å². The van der Waals surface area contributed by atoms with Gasteiger partial charge in [0.05, 0.1) is 5.69 Å². The second kappa shape index (κ2) is 9.86. The van der Waals surface area contributed by atoms with Crippen LogP contribution in [0.5, 0.6) is 0 Å². The number of hydrogen-bond donors (Lipinski definition) is 0. The van der Waals surface area contributed by atoms with Gasteiger partial charge in [0.15, 0.2) is 0 Å². The van der Waals surface area contributed by atoms with Gasteiger partial charge in [0.25, 0.3) is 0 Å². The summed E-state index contributed by atoms with van der Waals surface area (Å²) in [7, 11) is 0. The summed E-state index contributed by atoms with van der Waals surface area (Å²) in [5.74, 6) is 0. The number of nitrogens with zero attached hydrogens (tertiary/aromatic N) is 1. The van der Waals surface area contributed by atoms with E-state index in [2.05, 4.69) is 169 Å².